The van der Waals surface area contributed by atoms with Crippen LogP contribution in [0.3, 0.4) is 0 Å². The van der Waals surface area contributed by atoms with Crippen molar-refractivity contribution in [2.75, 3.05) is 76.4 Å². The molecule has 0 spiro atoms. The van der Waals surface area contributed by atoms with E-state index in [1.807, 2.05) is 54.1 Å². The maximum Gasteiger partial charge on any atom is 0.266 e. The number of thioether (sulfide) groups is 1. The van der Waals surface area contributed by atoms with E-state index in [9.17, 15) is 46.8 Å². The number of nitrogens with one attached hydrogen (secondary N) is 4. The zero-order valence-corrected chi connectivity index (χ0v) is 44.1. The standard InChI is InChI=1S/C52H64N10O11S2/c1-30-31(2)61(75(4,71)72)26-38(30)48(67)54-25-44(64)57-52-55-39(29-74-52)36-8-5-7-34(23-36)35-13-18-53-42(24-35)58(3)27-45(65)59-19-14-32(15-20-59)33-16-21-60(22-17-33)46(66)28-73-41-10-6-9-37-47(41)51(70)62(50(37)69)40-11-12-43(63)56-49(40)68/h5-10,13,18,23-24,30-33,38-40,52,55H,11-12,14-17,19-22,25-29H2,1-4H3,(H,54,67)(H,57,64)(H,56,63,68). The second-order valence-corrected chi connectivity index (χ2v) is 23.6. The average Bonchev–Trinajstić information content (AvgIpc) is 4.08. The van der Waals surface area contributed by atoms with Crippen LogP contribution in [0.25, 0.3) is 11.1 Å². The second-order valence-electron chi connectivity index (χ2n) is 20.5. The molecule has 0 bridgehead atoms. The van der Waals surface area contributed by atoms with Crippen LogP contribution in [-0.4, -0.2) is 169 Å². The smallest absolute Gasteiger partial charge is 0.266 e. The van der Waals surface area contributed by atoms with Crippen molar-refractivity contribution in [1.29, 1.82) is 0 Å². The maximum absolute atomic E-state index is 13.6. The van der Waals surface area contributed by atoms with Crippen molar-refractivity contribution in [3.8, 4) is 16.9 Å². The predicted molar refractivity (Wildman–Crippen MR) is 277 cm³/mol. The summed E-state index contributed by atoms with van der Waals surface area (Å²) in [4.78, 5) is 115. The first-order valence-corrected chi connectivity index (χ1v) is 28.5. The summed E-state index contributed by atoms with van der Waals surface area (Å²) >= 11 is 1.55. The summed E-state index contributed by atoms with van der Waals surface area (Å²) in [5, 5.41) is 11.3. The van der Waals surface area contributed by atoms with E-state index >= 15 is 0 Å². The number of pyridine rings is 1. The van der Waals surface area contributed by atoms with Crippen LogP contribution in [0.4, 0.5) is 5.82 Å². The highest BCUT2D eigenvalue weighted by Crippen LogP contribution is 2.37. The van der Waals surface area contributed by atoms with Crippen molar-refractivity contribution in [2.45, 2.75) is 76.0 Å². The van der Waals surface area contributed by atoms with Crippen molar-refractivity contribution in [1.82, 2.24) is 45.3 Å². The van der Waals surface area contributed by atoms with E-state index in [1.54, 1.807) is 35.8 Å². The van der Waals surface area contributed by atoms with Crippen LogP contribution in [0, 0.1) is 23.7 Å². The second kappa shape index (κ2) is 22.4. The van der Waals surface area contributed by atoms with Crippen molar-refractivity contribution >= 4 is 74.9 Å². The minimum atomic E-state index is -3.45. The lowest BCUT2D eigenvalue weighted by Gasteiger charge is -2.40. The molecule has 5 fully saturated rings. The number of amides is 8. The number of hydrogen-bond acceptors (Lipinski definition) is 15. The molecule has 0 saturated carbocycles. The Hall–Kier alpha value is -6.43. The van der Waals surface area contributed by atoms with Gasteiger partial charge in [0.05, 0.1) is 36.4 Å². The molecule has 0 aliphatic carbocycles. The Kier molecular flexibility index (Phi) is 16.0. The fourth-order valence-corrected chi connectivity index (χ4v) is 13.7. The third kappa shape index (κ3) is 11.7. The van der Waals surface area contributed by atoms with Gasteiger partial charge in [0.2, 0.25) is 39.6 Å². The SMILES string of the molecule is CC1C(C(=O)NCC(=O)NC2NC(c3cccc(-c4ccnc(N(C)CC(=O)N5CCC(C6CCN(C(=O)COc7cccc8c7C(=O)N(C7CCC(=O)NC7=O)C8=O)CC6)CC5)c4)c3)CS2)CN(S(C)(=O)=O)C1C. The van der Waals surface area contributed by atoms with Gasteiger partial charge in [0, 0.05) is 70.2 Å². The first kappa shape index (κ1) is 53.4. The number of likely N-dealkylation sites (tertiary alicyclic amines) is 2. The number of ether oxygens (including phenoxy) is 1. The number of benzene rings is 2. The molecular formula is C52H64N10O11S2. The highest BCUT2D eigenvalue weighted by molar-refractivity contribution is 8.00. The summed E-state index contributed by atoms with van der Waals surface area (Å²) in [7, 11) is -1.59. The summed E-state index contributed by atoms with van der Waals surface area (Å²) in [5.74, 6) is -1.87. The molecule has 1 aromatic heterocycles. The average molecular weight is 1070 g/mol. The summed E-state index contributed by atoms with van der Waals surface area (Å²) in [5.41, 5.74) is 2.66. The number of nitrogens with zero attached hydrogens (tertiary/aromatic N) is 6. The number of likely N-dealkylation sites (N-methyl/N-ethyl adjacent to an activating group) is 1. The van der Waals surface area contributed by atoms with Gasteiger partial charge in [-0.2, -0.15) is 4.31 Å². The van der Waals surface area contributed by atoms with Crippen molar-refractivity contribution in [3.63, 3.8) is 0 Å². The van der Waals surface area contributed by atoms with Crippen molar-refractivity contribution in [3.05, 3.63) is 77.5 Å². The number of rotatable bonds is 15. The quantitative estimate of drug-likeness (QED) is 0.159. The number of imide groups is 2. The minimum absolute atomic E-state index is 0.000295. The summed E-state index contributed by atoms with van der Waals surface area (Å²) in [6.45, 7) is 5.75. The van der Waals surface area contributed by atoms with E-state index in [1.165, 1.54) is 16.4 Å². The fourth-order valence-electron chi connectivity index (χ4n) is 11.3. The van der Waals surface area contributed by atoms with Gasteiger partial charge in [-0.15, -0.1) is 11.8 Å². The van der Waals surface area contributed by atoms with E-state index in [0.29, 0.717) is 49.6 Å². The molecule has 23 heteroatoms. The van der Waals surface area contributed by atoms with Crippen molar-refractivity contribution in [2.24, 2.45) is 23.7 Å². The first-order chi connectivity index (χ1) is 35.8. The number of piperidine rings is 3. The number of hydrogen-bond donors (Lipinski definition) is 4. The largest absolute Gasteiger partial charge is 0.483 e. The van der Waals surface area contributed by atoms with Crippen molar-refractivity contribution < 1.29 is 51.5 Å². The number of anilines is 1. The topological polar surface area (TPSA) is 257 Å². The lowest BCUT2D eigenvalue weighted by atomic mass is 9.79. The van der Waals surface area contributed by atoms with E-state index in [2.05, 4.69) is 32.3 Å². The zero-order valence-electron chi connectivity index (χ0n) is 42.5. The number of carbonyl (C=O) groups is 8. The van der Waals surface area contributed by atoms with Crippen LogP contribution in [0.1, 0.15) is 84.7 Å². The minimum Gasteiger partial charge on any atom is -0.483 e. The van der Waals surface area contributed by atoms with Crippen LogP contribution in [0.5, 0.6) is 5.75 Å². The van der Waals surface area contributed by atoms with Gasteiger partial charge in [-0.1, -0.05) is 31.2 Å². The third-order valence-electron chi connectivity index (χ3n) is 15.9. The summed E-state index contributed by atoms with van der Waals surface area (Å²) in [6.07, 6.45) is 6.30. The molecule has 2 aromatic carbocycles. The van der Waals surface area contributed by atoms with Crippen LogP contribution in [-0.2, 0) is 38.8 Å². The Morgan fingerprint density at radius 3 is 2.23 bits per heavy atom. The van der Waals surface area contributed by atoms with Crippen LogP contribution in [0.2, 0.25) is 0 Å². The molecule has 8 amide bonds. The van der Waals surface area contributed by atoms with Gasteiger partial charge in [0.1, 0.15) is 23.1 Å². The molecular weight excluding hydrogens is 1000 g/mol. The molecule has 400 valence electrons. The molecule has 6 unspecified atom stereocenters. The molecule has 0 radical (unpaired) electrons. The Balaban J connectivity index is 0.693. The number of carbonyl (C=O) groups excluding carboxylic acids is 8. The Morgan fingerprint density at radius 1 is 0.867 bits per heavy atom. The van der Waals surface area contributed by atoms with E-state index < -0.39 is 45.6 Å². The molecule has 6 aliphatic rings. The molecule has 5 saturated heterocycles. The molecule has 21 nitrogen and oxygen atoms in total. The molecule has 6 atom stereocenters. The van der Waals surface area contributed by atoms with Gasteiger partial charge >= 0.3 is 0 Å². The molecule has 4 N–H and O–H groups in total. The van der Waals surface area contributed by atoms with Crippen LogP contribution < -0.4 is 30.9 Å². The lowest BCUT2D eigenvalue weighted by Crippen LogP contribution is -2.54. The lowest BCUT2D eigenvalue weighted by molar-refractivity contribution is -0.136. The van der Waals surface area contributed by atoms with Gasteiger partial charge in [-0.05, 0) is 104 Å². The summed E-state index contributed by atoms with van der Waals surface area (Å²) in [6, 6.07) is 15.1. The number of aromatic nitrogens is 1. The monoisotopic (exact) mass is 1070 g/mol. The zero-order chi connectivity index (χ0) is 53.3. The molecule has 9 rings (SSSR count). The number of fused-ring (bicyclic) bond motifs is 1. The Morgan fingerprint density at radius 2 is 1.55 bits per heavy atom. The van der Waals surface area contributed by atoms with Gasteiger partial charge in [0.25, 0.3) is 17.7 Å². The first-order valence-electron chi connectivity index (χ1n) is 25.6. The van der Waals surface area contributed by atoms with E-state index in [4.69, 9.17) is 4.74 Å². The molecule has 7 heterocycles. The predicted octanol–water partition coefficient (Wildman–Crippen LogP) is 1.95. The molecule has 3 aromatic rings. The summed E-state index contributed by atoms with van der Waals surface area (Å²) < 4.78 is 31.5. The highest BCUT2D eigenvalue weighted by Gasteiger charge is 2.47. The number of sulfonamides is 1. The van der Waals surface area contributed by atoms with Gasteiger partial charge in [0.15, 0.2) is 6.61 Å². The third-order valence-corrected chi connectivity index (χ3v) is 18.3. The van der Waals surface area contributed by atoms with E-state index in [-0.39, 0.29) is 103 Å². The van der Waals surface area contributed by atoms with Crippen LogP contribution in [0.15, 0.2) is 60.8 Å². The van der Waals surface area contributed by atoms with E-state index in [0.717, 1.165) is 53.5 Å². The van der Waals surface area contributed by atoms with Gasteiger partial charge in [-0.3, -0.25) is 53.9 Å². The Bertz CT molecular complexity index is 2870. The van der Waals surface area contributed by atoms with Crippen LogP contribution >= 0.6 is 11.8 Å². The fraction of sp³-hybridized carbons (Fsp3) is 0.519. The molecule has 6 aliphatic heterocycles. The van der Waals surface area contributed by atoms with Gasteiger partial charge in [-0.25, -0.2) is 13.4 Å². The highest BCUT2D eigenvalue weighted by atomic mass is 32.2. The molecule has 75 heavy (non-hydrogen) atoms. The maximum atomic E-state index is 13.6. The Labute approximate surface area is 440 Å². The van der Waals surface area contributed by atoms with Gasteiger partial charge < -0.3 is 30.1 Å². The normalized spacial score (nSPS) is 24.8.